The number of anilines is 3. The van der Waals surface area contributed by atoms with Crippen LogP contribution in [0, 0.1) is 11.8 Å². The van der Waals surface area contributed by atoms with E-state index in [4.69, 9.17) is 0 Å². The Morgan fingerprint density at radius 3 is 2.34 bits per heavy atom. The van der Waals surface area contributed by atoms with E-state index in [0.717, 1.165) is 73.6 Å². The molecule has 1 aromatic heterocycles. The van der Waals surface area contributed by atoms with Gasteiger partial charge in [-0.25, -0.2) is 4.79 Å². The zero-order chi connectivity index (χ0) is 34.4. The lowest BCUT2D eigenvalue weighted by molar-refractivity contribution is 0.0946. The summed E-state index contributed by atoms with van der Waals surface area (Å²) >= 11 is 0. The molecule has 50 heavy (non-hydrogen) atoms. The number of amides is 3. The highest BCUT2D eigenvalue weighted by atomic mass is 16.2. The van der Waals surface area contributed by atoms with Gasteiger partial charge in [0.05, 0.1) is 11.3 Å². The van der Waals surface area contributed by atoms with Crippen LogP contribution in [0.5, 0.6) is 0 Å². The number of nitrogens with one attached hydrogen (secondary N) is 4. The number of para-hydroxylation sites is 1. The fraction of sp³-hybridized carbons (Fsp3) is 0.341. The van der Waals surface area contributed by atoms with Crippen molar-refractivity contribution >= 4 is 29.0 Å². The van der Waals surface area contributed by atoms with E-state index >= 15 is 0 Å². The summed E-state index contributed by atoms with van der Waals surface area (Å²) in [4.78, 5) is 34.5. The minimum absolute atomic E-state index is 0.0635. The second-order valence-corrected chi connectivity index (χ2v) is 13.0. The molecular formula is C41H47N7O2. The molecule has 0 atom stereocenters. The largest absolute Gasteiger partial charge is 0.382 e. The molecule has 3 heterocycles. The van der Waals surface area contributed by atoms with Crippen LogP contribution in [0.25, 0.3) is 0 Å². The summed E-state index contributed by atoms with van der Waals surface area (Å²) in [5.74, 6) is 6.63. The van der Waals surface area contributed by atoms with E-state index < -0.39 is 0 Å². The summed E-state index contributed by atoms with van der Waals surface area (Å²) in [6.07, 6.45) is 10.0. The summed E-state index contributed by atoms with van der Waals surface area (Å²) in [6, 6.07) is 27.8. The average molecular weight is 670 g/mol. The second-order valence-electron chi connectivity index (χ2n) is 13.0. The Hall–Kier alpha value is -5.33. The molecule has 9 nitrogen and oxygen atoms in total. The van der Waals surface area contributed by atoms with E-state index in [1.54, 1.807) is 6.20 Å². The first-order valence-electron chi connectivity index (χ1n) is 17.9. The fourth-order valence-corrected chi connectivity index (χ4v) is 6.52. The van der Waals surface area contributed by atoms with Crippen molar-refractivity contribution in [3.05, 3.63) is 120 Å². The average Bonchev–Trinajstić information content (AvgIpc) is 3.16. The topological polar surface area (TPSA) is 102 Å². The number of likely N-dealkylation sites (tertiary alicyclic amines) is 1. The van der Waals surface area contributed by atoms with E-state index in [2.05, 4.69) is 78.2 Å². The Morgan fingerprint density at radius 1 is 0.780 bits per heavy atom. The van der Waals surface area contributed by atoms with Crippen LogP contribution in [0.4, 0.5) is 21.9 Å². The molecule has 2 aliphatic rings. The van der Waals surface area contributed by atoms with Gasteiger partial charge in [-0.05, 0) is 111 Å². The van der Waals surface area contributed by atoms with Crippen molar-refractivity contribution in [1.29, 1.82) is 0 Å². The van der Waals surface area contributed by atoms with Gasteiger partial charge in [0.2, 0.25) is 0 Å². The maximum absolute atomic E-state index is 12.8. The molecule has 0 spiro atoms. The predicted molar refractivity (Wildman–Crippen MR) is 202 cm³/mol. The van der Waals surface area contributed by atoms with Crippen LogP contribution in [-0.4, -0.2) is 73.7 Å². The normalized spacial score (nSPS) is 15.0. The third-order valence-corrected chi connectivity index (χ3v) is 9.31. The first kappa shape index (κ1) is 34.5. The Balaban J connectivity index is 1.10. The van der Waals surface area contributed by atoms with Crippen molar-refractivity contribution in [3.63, 3.8) is 0 Å². The molecule has 2 fully saturated rings. The number of piperidine rings is 2. The van der Waals surface area contributed by atoms with Gasteiger partial charge in [-0.3, -0.25) is 9.78 Å². The van der Waals surface area contributed by atoms with Crippen LogP contribution in [0.2, 0.25) is 0 Å². The molecule has 4 N–H and O–H groups in total. The molecule has 258 valence electrons. The zero-order valence-corrected chi connectivity index (χ0v) is 28.7. The number of benzene rings is 3. The van der Waals surface area contributed by atoms with E-state index in [9.17, 15) is 9.59 Å². The molecule has 2 saturated heterocycles. The van der Waals surface area contributed by atoms with Crippen LogP contribution in [0.1, 0.15) is 59.2 Å². The quantitative estimate of drug-likeness (QED) is 0.143. The van der Waals surface area contributed by atoms with Gasteiger partial charge in [0, 0.05) is 73.7 Å². The first-order chi connectivity index (χ1) is 24.6. The molecule has 2 aliphatic heterocycles. The molecule has 0 aliphatic carbocycles. The van der Waals surface area contributed by atoms with Crippen LogP contribution in [0.15, 0.2) is 97.3 Å². The predicted octanol–water partition coefficient (Wildman–Crippen LogP) is 6.14. The molecule has 0 unspecified atom stereocenters. The highest BCUT2D eigenvalue weighted by molar-refractivity contribution is 5.94. The summed E-state index contributed by atoms with van der Waals surface area (Å²) in [7, 11) is 0. The monoisotopic (exact) mass is 669 g/mol. The highest BCUT2D eigenvalue weighted by Gasteiger charge is 2.21. The summed E-state index contributed by atoms with van der Waals surface area (Å²) in [5.41, 5.74) is 6.22. The Labute approximate surface area is 295 Å². The number of aromatic nitrogens is 1. The van der Waals surface area contributed by atoms with Gasteiger partial charge >= 0.3 is 6.03 Å². The molecule has 3 amide bonds. The standard InChI is InChI=1S/C41H47N7O2/c49-40(43-24-29-47-25-5-2-6-26-47)34-14-11-32(12-15-34)13-16-35-30-38(46-41(50)44-23-19-33-8-7-22-42-31-33)17-18-39(35)48-27-20-37(21-28-48)45-36-9-3-1-4-10-36/h1,3-4,7-12,14-15,17-18,22,30-31,37,45H,2,5-6,19-21,23-29H2,(H,43,49)(H2,44,46,50). The van der Waals surface area contributed by atoms with Gasteiger partial charge in [-0.15, -0.1) is 0 Å². The Morgan fingerprint density at radius 2 is 1.58 bits per heavy atom. The lowest BCUT2D eigenvalue weighted by Crippen LogP contribution is -2.39. The second kappa shape index (κ2) is 17.9. The van der Waals surface area contributed by atoms with Crippen LogP contribution >= 0.6 is 0 Å². The minimum Gasteiger partial charge on any atom is -0.382 e. The van der Waals surface area contributed by atoms with Crippen molar-refractivity contribution in [2.75, 3.05) is 61.3 Å². The number of hydrogen-bond donors (Lipinski definition) is 4. The molecule has 0 bridgehead atoms. The van der Waals surface area contributed by atoms with Gasteiger partial charge in [0.1, 0.15) is 0 Å². The third-order valence-electron chi connectivity index (χ3n) is 9.31. The number of urea groups is 1. The first-order valence-corrected chi connectivity index (χ1v) is 17.9. The van der Waals surface area contributed by atoms with Crippen molar-refractivity contribution in [1.82, 2.24) is 20.5 Å². The Kier molecular flexibility index (Phi) is 12.4. The van der Waals surface area contributed by atoms with E-state index in [1.807, 2.05) is 60.8 Å². The molecule has 0 radical (unpaired) electrons. The summed E-state index contributed by atoms with van der Waals surface area (Å²) < 4.78 is 0. The van der Waals surface area contributed by atoms with Gasteiger partial charge in [0.25, 0.3) is 5.91 Å². The summed E-state index contributed by atoms with van der Waals surface area (Å²) in [5, 5.41) is 12.6. The third kappa shape index (κ3) is 10.3. The fourth-order valence-electron chi connectivity index (χ4n) is 6.52. The minimum atomic E-state index is -0.266. The Bertz CT molecular complexity index is 1740. The number of pyridine rings is 1. The van der Waals surface area contributed by atoms with Crippen LogP contribution in [-0.2, 0) is 6.42 Å². The van der Waals surface area contributed by atoms with Crippen molar-refractivity contribution < 1.29 is 9.59 Å². The number of rotatable bonds is 11. The lowest BCUT2D eigenvalue weighted by Gasteiger charge is -2.35. The van der Waals surface area contributed by atoms with Gasteiger partial charge in [0.15, 0.2) is 0 Å². The molecule has 6 rings (SSSR count). The van der Waals surface area contributed by atoms with Crippen molar-refractivity contribution in [2.45, 2.75) is 44.6 Å². The molecule has 3 aromatic carbocycles. The number of carbonyl (C=O) groups is 2. The van der Waals surface area contributed by atoms with E-state index in [0.29, 0.717) is 36.8 Å². The van der Waals surface area contributed by atoms with Crippen LogP contribution in [0.3, 0.4) is 0 Å². The van der Waals surface area contributed by atoms with Crippen molar-refractivity contribution in [3.8, 4) is 11.8 Å². The maximum atomic E-state index is 12.8. The number of hydrogen-bond acceptors (Lipinski definition) is 6. The van der Waals surface area contributed by atoms with E-state index in [1.165, 1.54) is 19.3 Å². The SMILES string of the molecule is O=C(NCCc1cccnc1)Nc1ccc(N2CCC(Nc3ccccc3)CC2)c(C#Cc2ccc(C(=O)NCCN3CCCCC3)cc2)c1. The number of nitrogens with zero attached hydrogens (tertiary/aromatic N) is 3. The van der Waals surface area contributed by atoms with Crippen molar-refractivity contribution in [2.24, 2.45) is 0 Å². The summed E-state index contributed by atoms with van der Waals surface area (Å²) in [6.45, 7) is 6.06. The van der Waals surface area contributed by atoms with Gasteiger partial charge in [-0.1, -0.05) is 42.5 Å². The van der Waals surface area contributed by atoms with E-state index in [-0.39, 0.29) is 11.9 Å². The molecule has 0 saturated carbocycles. The highest BCUT2D eigenvalue weighted by Crippen LogP contribution is 2.28. The smallest absolute Gasteiger partial charge is 0.319 e. The molecule has 9 heteroatoms. The molecular weight excluding hydrogens is 622 g/mol. The van der Waals surface area contributed by atoms with Gasteiger partial charge in [-0.2, -0.15) is 0 Å². The van der Waals surface area contributed by atoms with Gasteiger partial charge < -0.3 is 31.1 Å². The zero-order valence-electron chi connectivity index (χ0n) is 28.7. The molecule has 4 aromatic rings. The number of carbonyl (C=O) groups excluding carboxylic acids is 2. The lowest BCUT2D eigenvalue weighted by atomic mass is 10.0. The van der Waals surface area contributed by atoms with Crippen LogP contribution < -0.4 is 26.2 Å². The maximum Gasteiger partial charge on any atom is 0.319 e.